The van der Waals surface area contributed by atoms with Crippen molar-refractivity contribution in [2.24, 2.45) is 0 Å². The standard InChI is InChI=1S/C14H10N2O3/c17-14-10-16(15-19-14)11-6-8-13(9-7-11)18-12-4-2-1-3-5-12/h1-10H/p+1. The summed E-state index contributed by atoms with van der Waals surface area (Å²) in [4.78, 5) is 10.9. The molecule has 0 saturated carbocycles. The van der Waals surface area contributed by atoms with Crippen molar-refractivity contribution in [1.82, 2.24) is 5.27 Å². The van der Waals surface area contributed by atoms with E-state index in [2.05, 4.69) is 9.79 Å². The Labute approximate surface area is 108 Å². The number of H-pyrrole nitrogens is 1. The van der Waals surface area contributed by atoms with Gasteiger partial charge in [-0.05, 0) is 34.2 Å². The molecule has 0 radical (unpaired) electrons. The molecule has 3 aromatic rings. The van der Waals surface area contributed by atoms with Gasteiger partial charge in [-0.1, -0.05) is 18.2 Å². The molecule has 0 atom stereocenters. The van der Waals surface area contributed by atoms with E-state index in [1.165, 1.54) is 10.9 Å². The van der Waals surface area contributed by atoms with Gasteiger partial charge in [0.2, 0.25) is 5.69 Å². The summed E-state index contributed by atoms with van der Waals surface area (Å²) in [5.41, 5.74) is 0.357. The maximum Gasteiger partial charge on any atom is 0.427 e. The molecule has 0 aliphatic rings. The lowest BCUT2D eigenvalue weighted by Gasteiger charge is -2.04. The largest absolute Gasteiger partial charge is 0.457 e. The smallest absolute Gasteiger partial charge is 0.427 e. The van der Waals surface area contributed by atoms with Crippen molar-refractivity contribution >= 4 is 0 Å². The van der Waals surface area contributed by atoms with Gasteiger partial charge in [0.1, 0.15) is 11.5 Å². The molecule has 0 amide bonds. The summed E-state index contributed by atoms with van der Waals surface area (Å²) >= 11 is 0. The van der Waals surface area contributed by atoms with Crippen LogP contribution in [0.1, 0.15) is 0 Å². The summed E-state index contributed by atoms with van der Waals surface area (Å²) in [7, 11) is 0. The summed E-state index contributed by atoms with van der Waals surface area (Å²) < 4.78 is 11.8. The van der Waals surface area contributed by atoms with Gasteiger partial charge in [0, 0.05) is 12.1 Å². The first-order valence-corrected chi connectivity index (χ1v) is 5.75. The first-order chi connectivity index (χ1) is 9.31. The Hall–Kier alpha value is -2.82. The molecular weight excluding hydrogens is 244 g/mol. The molecule has 1 heterocycles. The van der Waals surface area contributed by atoms with Crippen LogP contribution in [0.25, 0.3) is 5.69 Å². The van der Waals surface area contributed by atoms with E-state index in [0.717, 1.165) is 17.2 Å². The molecule has 1 N–H and O–H groups in total. The van der Waals surface area contributed by atoms with Gasteiger partial charge in [0.25, 0.3) is 6.20 Å². The van der Waals surface area contributed by atoms with Gasteiger partial charge in [-0.2, -0.15) is 0 Å². The number of aromatic amines is 1. The topological polar surface area (TPSA) is 59.1 Å². The Morgan fingerprint density at radius 3 is 2.26 bits per heavy atom. The third kappa shape index (κ3) is 2.55. The SMILES string of the molecule is O=c1c[n+](-c2ccc(Oc3ccccc3)cc2)[nH]o1. The van der Waals surface area contributed by atoms with Gasteiger partial charge in [-0.15, -0.1) is 0 Å². The van der Waals surface area contributed by atoms with Gasteiger partial charge >= 0.3 is 5.63 Å². The van der Waals surface area contributed by atoms with E-state index in [4.69, 9.17) is 4.74 Å². The van der Waals surface area contributed by atoms with Crippen LogP contribution in [-0.2, 0) is 0 Å². The van der Waals surface area contributed by atoms with Gasteiger partial charge < -0.3 is 4.74 Å². The van der Waals surface area contributed by atoms with Gasteiger partial charge in [0.15, 0.2) is 0 Å². The first kappa shape index (κ1) is 11.3. The Balaban J connectivity index is 1.81. The van der Waals surface area contributed by atoms with Crippen molar-refractivity contribution in [1.29, 1.82) is 0 Å². The molecule has 2 aromatic carbocycles. The fourth-order valence-electron chi connectivity index (χ4n) is 1.68. The van der Waals surface area contributed by atoms with Crippen molar-refractivity contribution in [3.8, 4) is 17.2 Å². The van der Waals surface area contributed by atoms with Gasteiger partial charge in [-0.25, -0.2) is 4.79 Å². The zero-order valence-electron chi connectivity index (χ0n) is 9.95. The van der Waals surface area contributed by atoms with E-state index < -0.39 is 5.63 Å². The third-order valence-corrected chi connectivity index (χ3v) is 2.57. The van der Waals surface area contributed by atoms with Crippen LogP contribution in [0.2, 0.25) is 0 Å². The van der Waals surface area contributed by atoms with Crippen LogP contribution >= 0.6 is 0 Å². The molecule has 0 aliphatic carbocycles. The second kappa shape index (κ2) is 4.81. The van der Waals surface area contributed by atoms with Gasteiger partial charge in [-0.3, -0.25) is 4.52 Å². The van der Waals surface area contributed by atoms with Crippen molar-refractivity contribution in [3.05, 3.63) is 71.2 Å². The van der Waals surface area contributed by atoms with E-state index in [1.54, 1.807) is 0 Å². The molecule has 0 spiro atoms. The van der Waals surface area contributed by atoms with Crippen LogP contribution in [-0.4, -0.2) is 5.27 Å². The Kier molecular flexibility index (Phi) is 2.86. The third-order valence-electron chi connectivity index (χ3n) is 2.57. The van der Waals surface area contributed by atoms with Gasteiger partial charge in [0.05, 0.1) is 0 Å². The fourth-order valence-corrected chi connectivity index (χ4v) is 1.68. The first-order valence-electron chi connectivity index (χ1n) is 5.75. The molecule has 0 unspecified atom stereocenters. The average Bonchev–Trinajstić information content (AvgIpc) is 2.87. The minimum atomic E-state index is -0.426. The maximum atomic E-state index is 10.9. The number of para-hydroxylation sites is 1. The molecule has 5 nitrogen and oxygen atoms in total. The Morgan fingerprint density at radius 2 is 1.63 bits per heavy atom. The van der Waals surface area contributed by atoms with E-state index in [1.807, 2.05) is 54.6 Å². The second-order valence-electron chi connectivity index (χ2n) is 3.92. The van der Waals surface area contributed by atoms with Crippen molar-refractivity contribution < 1.29 is 13.9 Å². The highest BCUT2D eigenvalue weighted by atomic mass is 16.5. The Morgan fingerprint density at radius 1 is 0.947 bits per heavy atom. The quantitative estimate of drug-likeness (QED) is 0.728. The molecule has 1 aromatic heterocycles. The normalized spacial score (nSPS) is 10.3. The predicted molar refractivity (Wildman–Crippen MR) is 67.4 cm³/mol. The highest BCUT2D eigenvalue weighted by molar-refractivity contribution is 5.35. The number of aromatic nitrogens is 2. The molecule has 94 valence electrons. The summed E-state index contributed by atoms with van der Waals surface area (Å²) in [5.74, 6) is 1.50. The fraction of sp³-hybridized carbons (Fsp3) is 0. The molecular formula is C14H11N2O3+. The van der Waals surface area contributed by atoms with Crippen LogP contribution in [0.15, 0.2) is 70.1 Å². The zero-order valence-corrected chi connectivity index (χ0v) is 9.95. The van der Waals surface area contributed by atoms with Crippen LogP contribution in [0.3, 0.4) is 0 Å². The zero-order chi connectivity index (χ0) is 13.1. The number of nitrogens with zero attached hydrogens (tertiary/aromatic N) is 1. The van der Waals surface area contributed by atoms with Crippen LogP contribution in [0.4, 0.5) is 0 Å². The van der Waals surface area contributed by atoms with Crippen LogP contribution < -0.4 is 15.0 Å². The highest BCUT2D eigenvalue weighted by Crippen LogP contribution is 2.20. The summed E-state index contributed by atoms with van der Waals surface area (Å²) in [6.45, 7) is 0. The lowest BCUT2D eigenvalue weighted by atomic mass is 10.3. The Bertz CT molecular complexity index is 714. The molecule has 5 heteroatoms. The predicted octanol–water partition coefficient (Wildman–Crippen LogP) is 2.04. The monoisotopic (exact) mass is 255 g/mol. The summed E-state index contributed by atoms with van der Waals surface area (Å²) in [6, 6.07) is 16.8. The lowest BCUT2D eigenvalue weighted by Crippen LogP contribution is -2.31. The van der Waals surface area contributed by atoms with Crippen molar-refractivity contribution in [3.63, 3.8) is 0 Å². The maximum absolute atomic E-state index is 10.9. The number of hydrogen-bond acceptors (Lipinski definition) is 3. The minimum Gasteiger partial charge on any atom is -0.457 e. The van der Waals surface area contributed by atoms with E-state index in [0.29, 0.717) is 0 Å². The number of rotatable bonds is 3. The minimum absolute atomic E-state index is 0.426. The number of hydrogen-bond donors (Lipinski definition) is 1. The molecule has 0 fully saturated rings. The number of ether oxygens (including phenoxy) is 1. The van der Waals surface area contributed by atoms with Crippen LogP contribution in [0.5, 0.6) is 11.5 Å². The van der Waals surface area contributed by atoms with E-state index in [9.17, 15) is 4.79 Å². The number of benzene rings is 2. The van der Waals surface area contributed by atoms with Crippen molar-refractivity contribution in [2.75, 3.05) is 0 Å². The number of nitrogens with one attached hydrogen (secondary N) is 1. The molecule has 19 heavy (non-hydrogen) atoms. The molecule has 0 saturated heterocycles. The lowest BCUT2D eigenvalue weighted by molar-refractivity contribution is -0.670. The molecule has 0 aliphatic heterocycles. The molecule has 3 rings (SSSR count). The summed E-state index contributed by atoms with van der Waals surface area (Å²) in [6.07, 6.45) is 1.33. The van der Waals surface area contributed by atoms with E-state index in [-0.39, 0.29) is 0 Å². The second-order valence-corrected chi connectivity index (χ2v) is 3.92. The van der Waals surface area contributed by atoms with Crippen molar-refractivity contribution in [2.45, 2.75) is 0 Å². The van der Waals surface area contributed by atoms with Crippen LogP contribution in [0, 0.1) is 0 Å². The molecule has 0 bridgehead atoms. The average molecular weight is 255 g/mol. The highest BCUT2D eigenvalue weighted by Gasteiger charge is 2.10. The summed E-state index contributed by atoms with van der Waals surface area (Å²) in [5, 5.41) is 2.48. The van der Waals surface area contributed by atoms with E-state index >= 15 is 0 Å².